The third kappa shape index (κ3) is 5.07. The molecule has 164 valence electrons. The third-order valence-corrected chi connectivity index (χ3v) is 21.5. The molecule has 0 aliphatic rings. The Kier molecular flexibility index (Phi) is 7.12. The Morgan fingerprint density at radius 3 is 1.50 bits per heavy atom. The topological polar surface area (TPSA) is 3.24 Å². The van der Waals surface area contributed by atoms with Crippen LogP contribution in [-0.4, -0.2) is 20.7 Å². The Morgan fingerprint density at radius 2 is 1.10 bits per heavy atom. The van der Waals surface area contributed by atoms with Crippen molar-refractivity contribution in [2.75, 3.05) is 0 Å². The van der Waals surface area contributed by atoms with E-state index in [-0.39, 0.29) is 0 Å². The average Bonchev–Trinajstić information content (AvgIpc) is 2.64. The molecular formula is C27H43NSi2. The average molecular weight is 438 g/mol. The molecule has 3 heteroatoms. The van der Waals surface area contributed by atoms with Gasteiger partial charge >= 0.3 is 0 Å². The van der Waals surface area contributed by atoms with Gasteiger partial charge in [-0.1, -0.05) is 129 Å². The fraction of sp³-hybridized carbons (Fsp3) is 0.481. The summed E-state index contributed by atoms with van der Waals surface area (Å²) >= 11 is 0. The van der Waals surface area contributed by atoms with Crippen molar-refractivity contribution in [3.8, 4) is 0 Å². The molecule has 0 aliphatic carbocycles. The largest absolute Gasteiger partial charge is 0.341 e. The van der Waals surface area contributed by atoms with Crippen molar-refractivity contribution < 1.29 is 0 Å². The molecule has 0 radical (unpaired) electrons. The molecule has 0 bridgehead atoms. The standard InChI is InChI=1S/C27H43NSi2/c1-22(24-15-13-12-14-16-24)25-19-17-23(18-20-25)21-28(29(8,9)26(2,3)4)30(10,11)27(5,6)7/h12-20H,1,21H2,2-11H3. The highest BCUT2D eigenvalue weighted by Crippen LogP contribution is 2.47. The molecule has 0 aliphatic heterocycles. The van der Waals surface area contributed by atoms with Crippen LogP contribution in [0.25, 0.3) is 5.57 Å². The fourth-order valence-corrected chi connectivity index (χ4v) is 14.1. The third-order valence-electron chi connectivity index (χ3n) is 7.79. The Bertz CT molecular complexity index is 824. The first-order valence-electron chi connectivity index (χ1n) is 11.2. The molecule has 0 atom stereocenters. The molecule has 2 rings (SSSR count). The van der Waals surface area contributed by atoms with Gasteiger partial charge in [-0.05, 0) is 32.3 Å². The van der Waals surface area contributed by atoms with Crippen LogP contribution in [0, 0.1) is 0 Å². The Morgan fingerprint density at radius 1 is 0.700 bits per heavy atom. The summed E-state index contributed by atoms with van der Waals surface area (Å²) in [7, 11) is -3.35. The van der Waals surface area contributed by atoms with E-state index in [1.54, 1.807) is 0 Å². The van der Waals surface area contributed by atoms with Crippen LogP contribution in [0.15, 0.2) is 61.2 Å². The van der Waals surface area contributed by atoms with Gasteiger partial charge in [0.05, 0.1) is 0 Å². The summed E-state index contributed by atoms with van der Waals surface area (Å²) in [6, 6.07) is 19.6. The quantitative estimate of drug-likeness (QED) is 0.409. The highest BCUT2D eigenvalue weighted by molar-refractivity contribution is 6.93. The molecular weight excluding hydrogens is 394 g/mol. The van der Waals surface area contributed by atoms with E-state index < -0.39 is 16.5 Å². The molecule has 0 saturated carbocycles. The molecule has 2 aromatic carbocycles. The second-order valence-electron chi connectivity index (χ2n) is 11.7. The van der Waals surface area contributed by atoms with Crippen LogP contribution in [0.1, 0.15) is 58.2 Å². The van der Waals surface area contributed by atoms with Crippen molar-refractivity contribution in [3.63, 3.8) is 0 Å². The van der Waals surface area contributed by atoms with E-state index in [0.29, 0.717) is 10.1 Å². The minimum absolute atomic E-state index is 0.323. The lowest BCUT2D eigenvalue weighted by Gasteiger charge is -2.57. The van der Waals surface area contributed by atoms with Crippen molar-refractivity contribution in [1.29, 1.82) is 0 Å². The molecule has 0 spiro atoms. The van der Waals surface area contributed by atoms with Crippen molar-refractivity contribution in [2.45, 2.75) is 84.4 Å². The van der Waals surface area contributed by atoms with Gasteiger partial charge < -0.3 is 4.23 Å². The Labute approximate surface area is 188 Å². The Hall–Kier alpha value is -1.43. The van der Waals surface area contributed by atoms with Crippen LogP contribution < -0.4 is 0 Å². The predicted octanol–water partition coefficient (Wildman–Crippen LogP) is 8.56. The second kappa shape index (κ2) is 8.60. The van der Waals surface area contributed by atoms with Gasteiger partial charge in [0.25, 0.3) is 0 Å². The van der Waals surface area contributed by atoms with Crippen molar-refractivity contribution in [1.82, 2.24) is 4.23 Å². The van der Waals surface area contributed by atoms with Gasteiger partial charge in [-0.3, -0.25) is 0 Å². The summed E-state index contributed by atoms with van der Waals surface area (Å²) in [5.74, 6) is 0. The lowest BCUT2D eigenvalue weighted by Crippen LogP contribution is -2.67. The number of hydrogen-bond acceptors (Lipinski definition) is 1. The van der Waals surface area contributed by atoms with Crippen LogP contribution in [0.4, 0.5) is 0 Å². The zero-order valence-corrected chi connectivity index (χ0v) is 23.1. The summed E-state index contributed by atoms with van der Waals surface area (Å²) in [5.41, 5.74) is 4.90. The van der Waals surface area contributed by atoms with E-state index in [0.717, 1.165) is 12.1 Å². The van der Waals surface area contributed by atoms with Gasteiger partial charge in [0.1, 0.15) is 16.5 Å². The fourth-order valence-electron chi connectivity index (χ4n) is 3.70. The predicted molar refractivity (Wildman–Crippen MR) is 141 cm³/mol. The van der Waals surface area contributed by atoms with Crippen molar-refractivity contribution in [2.24, 2.45) is 0 Å². The van der Waals surface area contributed by atoms with E-state index in [4.69, 9.17) is 0 Å². The molecule has 0 saturated heterocycles. The number of rotatable bonds is 6. The number of benzene rings is 2. The van der Waals surface area contributed by atoms with Crippen LogP contribution >= 0.6 is 0 Å². The zero-order chi connectivity index (χ0) is 23.0. The molecule has 0 amide bonds. The molecule has 30 heavy (non-hydrogen) atoms. The summed E-state index contributed by atoms with van der Waals surface area (Å²) in [4.78, 5) is 0. The van der Waals surface area contributed by atoms with Crippen LogP contribution in [0.3, 0.4) is 0 Å². The van der Waals surface area contributed by atoms with E-state index >= 15 is 0 Å². The van der Waals surface area contributed by atoms with Crippen LogP contribution in [0.2, 0.25) is 36.3 Å². The van der Waals surface area contributed by atoms with Gasteiger partial charge in [-0.25, -0.2) is 0 Å². The van der Waals surface area contributed by atoms with Crippen molar-refractivity contribution in [3.05, 3.63) is 77.9 Å². The second-order valence-corrected chi connectivity index (χ2v) is 22.5. The molecule has 0 fully saturated rings. The maximum Gasteiger partial charge on any atom is 0.121 e. The minimum atomic E-state index is -1.67. The zero-order valence-electron chi connectivity index (χ0n) is 21.1. The molecule has 2 aromatic rings. The van der Waals surface area contributed by atoms with Crippen LogP contribution in [-0.2, 0) is 6.54 Å². The number of hydrogen-bond donors (Lipinski definition) is 0. The van der Waals surface area contributed by atoms with E-state index in [1.807, 2.05) is 0 Å². The molecule has 0 aromatic heterocycles. The lowest BCUT2D eigenvalue weighted by molar-refractivity contribution is 0.508. The highest BCUT2D eigenvalue weighted by atomic mass is 28.4. The first kappa shape index (κ1) is 24.8. The molecule has 1 nitrogen and oxygen atoms in total. The summed E-state index contributed by atoms with van der Waals surface area (Å²) < 4.78 is 2.99. The normalized spacial score (nSPS) is 13.6. The highest BCUT2D eigenvalue weighted by Gasteiger charge is 2.51. The first-order valence-corrected chi connectivity index (χ1v) is 17.1. The van der Waals surface area contributed by atoms with Gasteiger partial charge in [-0.15, -0.1) is 0 Å². The van der Waals surface area contributed by atoms with Gasteiger partial charge in [0.15, 0.2) is 0 Å². The minimum Gasteiger partial charge on any atom is -0.341 e. The summed E-state index contributed by atoms with van der Waals surface area (Å²) in [6.07, 6.45) is 0. The van der Waals surface area contributed by atoms with Gasteiger partial charge in [0.2, 0.25) is 0 Å². The van der Waals surface area contributed by atoms with Crippen LogP contribution in [0.5, 0.6) is 0 Å². The SMILES string of the molecule is C=C(c1ccccc1)c1ccc(CN([Si](C)(C)C(C)(C)C)[Si](C)(C)C(C)(C)C)cc1. The van der Waals surface area contributed by atoms with Gasteiger partial charge in [-0.2, -0.15) is 0 Å². The monoisotopic (exact) mass is 437 g/mol. The Balaban J connectivity index is 2.38. The van der Waals surface area contributed by atoms with Crippen molar-refractivity contribution >= 4 is 22.0 Å². The summed E-state index contributed by atoms with van der Waals surface area (Å²) in [5, 5.41) is 0.647. The van der Waals surface area contributed by atoms with E-state index in [9.17, 15) is 0 Å². The smallest absolute Gasteiger partial charge is 0.121 e. The van der Waals surface area contributed by atoms with Gasteiger partial charge in [0, 0.05) is 6.54 Å². The molecule has 0 N–H and O–H groups in total. The van der Waals surface area contributed by atoms with E-state index in [2.05, 4.69) is 133 Å². The first-order chi connectivity index (χ1) is 13.6. The maximum atomic E-state index is 4.33. The van der Waals surface area contributed by atoms with E-state index in [1.165, 1.54) is 16.7 Å². The maximum absolute atomic E-state index is 4.33. The molecule has 0 heterocycles. The molecule has 0 unspecified atom stereocenters. The number of nitrogens with zero attached hydrogens (tertiary/aromatic N) is 1. The summed E-state index contributed by atoms with van der Waals surface area (Å²) in [6.45, 7) is 30.3. The lowest BCUT2D eigenvalue weighted by atomic mass is 9.99.